The first-order valence-electron chi connectivity index (χ1n) is 9.65. The zero-order chi connectivity index (χ0) is 21.3. The molecule has 1 fully saturated rings. The molecule has 0 unspecified atom stereocenters. The van der Waals surface area contributed by atoms with Crippen LogP contribution in [-0.2, 0) is 4.79 Å². The Hall–Kier alpha value is -2.48. The number of likely N-dealkylation sites (N-methyl/N-ethyl adjacent to an activating group) is 1. The number of carbonyl (C=O) groups is 1. The van der Waals surface area contributed by atoms with Gasteiger partial charge in [-0.2, -0.15) is 0 Å². The maximum atomic E-state index is 13.2. The molecule has 1 aliphatic heterocycles. The van der Waals surface area contributed by atoms with Crippen LogP contribution in [0, 0.1) is 5.82 Å². The van der Waals surface area contributed by atoms with Gasteiger partial charge in [0, 0.05) is 30.9 Å². The molecule has 0 aliphatic carbocycles. The summed E-state index contributed by atoms with van der Waals surface area (Å²) < 4.78 is 14.3. The number of hydrogen-bond donors (Lipinski definition) is 1. The molecule has 0 bridgehead atoms. The average Bonchev–Trinajstić information content (AvgIpc) is 3.35. The van der Waals surface area contributed by atoms with Crippen molar-refractivity contribution in [1.29, 1.82) is 0 Å². The Labute approximate surface area is 183 Å². The molecule has 156 valence electrons. The summed E-state index contributed by atoms with van der Waals surface area (Å²) in [4.78, 5) is 21.6. The minimum atomic E-state index is -0.485. The Morgan fingerprint density at radius 1 is 1.33 bits per heavy atom. The third-order valence-electron chi connectivity index (χ3n) is 5.18. The minimum Gasteiger partial charge on any atom is -0.346 e. The first-order valence-corrected chi connectivity index (χ1v) is 10.8. The summed E-state index contributed by atoms with van der Waals surface area (Å²) in [6.45, 7) is 1.99. The van der Waals surface area contributed by atoms with Crippen LogP contribution in [0.15, 0.2) is 42.5 Å². The van der Waals surface area contributed by atoms with Crippen LogP contribution in [0.3, 0.4) is 0 Å². The number of benzene rings is 2. The first kappa shape index (κ1) is 20.8. The molecule has 1 saturated heterocycles. The molecule has 0 radical (unpaired) electrons. The van der Waals surface area contributed by atoms with Gasteiger partial charge in [0.1, 0.15) is 5.82 Å². The van der Waals surface area contributed by atoms with Crippen LogP contribution in [0.5, 0.6) is 0 Å². The molecule has 1 atom stereocenters. The number of anilines is 2. The molecule has 3 aromatic rings. The standard InChI is InChI=1S/C22H22ClFN4OS/c1-27(2)16-9-10-28(13-16)22-26-19-7-5-15(12-20(19)30-22)25-21(29)8-4-14-3-6-18(24)17(23)11-14/h3-8,11-12,16H,9-10,13H2,1-2H3,(H,25,29)/b8-4+/t16-/m1/s1. The van der Waals surface area contributed by atoms with E-state index in [2.05, 4.69) is 29.2 Å². The third kappa shape index (κ3) is 4.64. The number of nitrogens with one attached hydrogen (secondary N) is 1. The number of thiazole rings is 1. The van der Waals surface area contributed by atoms with Gasteiger partial charge in [0.05, 0.1) is 15.2 Å². The normalized spacial score (nSPS) is 16.8. The van der Waals surface area contributed by atoms with Gasteiger partial charge in [0.2, 0.25) is 5.91 Å². The zero-order valence-corrected chi connectivity index (χ0v) is 18.3. The Kier molecular flexibility index (Phi) is 6.04. The highest BCUT2D eigenvalue weighted by atomic mass is 35.5. The highest BCUT2D eigenvalue weighted by molar-refractivity contribution is 7.22. The van der Waals surface area contributed by atoms with Gasteiger partial charge in [-0.15, -0.1) is 0 Å². The molecule has 30 heavy (non-hydrogen) atoms. The predicted octanol–water partition coefficient (Wildman–Crippen LogP) is 4.88. The van der Waals surface area contributed by atoms with E-state index in [0.717, 1.165) is 34.9 Å². The van der Waals surface area contributed by atoms with Crippen LogP contribution in [-0.4, -0.2) is 49.0 Å². The van der Waals surface area contributed by atoms with Gasteiger partial charge in [-0.3, -0.25) is 4.79 Å². The van der Waals surface area contributed by atoms with E-state index in [1.54, 1.807) is 23.5 Å². The predicted molar refractivity (Wildman–Crippen MR) is 123 cm³/mol. The number of nitrogens with zero attached hydrogens (tertiary/aromatic N) is 3. The Morgan fingerprint density at radius 3 is 2.90 bits per heavy atom. The largest absolute Gasteiger partial charge is 0.346 e. The van der Waals surface area contributed by atoms with E-state index in [1.807, 2.05) is 18.2 Å². The molecule has 1 aromatic heterocycles. The van der Waals surface area contributed by atoms with Crippen molar-refractivity contribution < 1.29 is 9.18 Å². The van der Waals surface area contributed by atoms with Gasteiger partial charge < -0.3 is 15.1 Å². The monoisotopic (exact) mass is 444 g/mol. The van der Waals surface area contributed by atoms with E-state index in [4.69, 9.17) is 16.6 Å². The van der Waals surface area contributed by atoms with Crippen LogP contribution in [0.4, 0.5) is 15.2 Å². The van der Waals surface area contributed by atoms with Crippen molar-refractivity contribution in [2.75, 3.05) is 37.4 Å². The van der Waals surface area contributed by atoms with Crippen LogP contribution in [0.2, 0.25) is 5.02 Å². The van der Waals surface area contributed by atoms with Crippen molar-refractivity contribution in [1.82, 2.24) is 9.88 Å². The lowest BCUT2D eigenvalue weighted by Crippen LogP contribution is -2.31. The van der Waals surface area contributed by atoms with Gasteiger partial charge in [-0.05, 0) is 62.5 Å². The maximum absolute atomic E-state index is 13.2. The average molecular weight is 445 g/mol. The lowest BCUT2D eigenvalue weighted by Gasteiger charge is -2.19. The van der Waals surface area contributed by atoms with Crippen molar-refractivity contribution >= 4 is 56.0 Å². The second kappa shape index (κ2) is 8.71. The van der Waals surface area contributed by atoms with Gasteiger partial charge in [-0.25, -0.2) is 9.37 Å². The van der Waals surface area contributed by atoms with E-state index >= 15 is 0 Å². The number of rotatable bonds is 5. The topological polar surface area (TPSA) is 48.5 Å². The van der Waals surface area contributed by atoms with Crippen molar-refractivity contribution in [3.05, 3.63) is 58.9 Å². The number of halogens is 2. The molecule has 8 heteroatoms. The molecular weight excluding hydrogens is 423 g/mol. The Morgan fingerprint density at radius 2 is 2.17 bits per heavy atom. The minimum absolute atomic E-state index is 0.0268. The zero-order valence-electron chi connectivity index (χ0n) is 16.7. The van der Waals surface area contributed by atoms with E-state index < -0.39 is 5.82 Å². The number of fused-ring (bicyclic) bond motifs is 1. The van der Waals surface area contributed by atoms with Crippen molar-refractivity contribution in [3.8, 4) is 0 Å². The van der Waals surface area contributed by atoms with Crippen LogP contribution in [0.25, 0.3) is 16.3 Å². The fraction of sp³-hybridized carbons (Fsp3) is 0.273. The number of aromatic nitrogens is 1. The molecule has 1 amide bonds. The summed E-state index contributed by atoms with van der Waals surface area (Å²) in [5.41, 5.74) is 2.29. The van der Waals surface area contributed by atoms with Crippen LogP contribution >= 0.6 is 22.9 Å². The van der Waals surface area contributed by atoms with E-state index in [9.17, 15) is 9.18 Å². The molecule has 2 aromatic carbocycles. The number of hydrogen-bond acceptors (Lipinski definition) is 5. The van der Waals surface area contributed by atoms with E-state index in [0.29, 0.717) is 17.3 Å². The van der Waals surface area contributed by atoms with Gasteiger partial charge in [0.25, 0.3) is 0 Å². The van der Waals surface area contributed by atoms with Crippen LogP contribution < -0.4 is 10.2 Å². The molecule has 0 spiro atoms. The van der Waals surface area contributed by atoms with Crippen LogP contribution in [0.1, 0.15) is 12.0 Å². The molecule has 4 rings (SSSR count). The van der Waals surface area contributed by atoms with E-state index in [-0.39, 0.29) is 10.9 Å². The Balaban J connectivity index is 1.44. The summed E-state index contributed by atoms with van der Waals surface area (Å²) in [5.74, 6) is -0.755. The summed E-state index contributed by atoms with van der Waals surface area (Å²) in [6, 6.07) is 10.6. The van der Waals surface area contributed by atoms with E-state index in [1.165, 1.54) is 18.2 Å². The lowest BCUT2D eigenvalue weighted by molar-refractivity contribution is -0.111. The summed E-state index contributed by atoms with van der Waals surface area (Å²) in [6.07, 6.45) is 4.13. The summed E-state index contributed by atoms with van der Waals surface area (Å²) >= 11 is 7.41. The molecule has 5 nitrogen and oxygen atoms in total. The highest BCUT2D eigenvalue weighted by Gasteiger charge is 2.26. The number of amides is 1. The van der Waals surface area contributed by atoms with Gasteiger partial charge >= 0.3 is 0 Å². The van der Waals surface area contributed by atoms with Crippen molar-refractivity contribution in [2.45, 2.75) is 12.5 Å². The highest BCUT2D eigenvalue weighted by Crippen LogP contribution is 2.33. The smallest absolute Gasteiger partial charge is 0.248 e. The summed E-state index contributed by atoms with van der Waals surface area (Å²) in [7, 11) is 4.22. The second-order valence-electron chi connectivity index (χ2n) is 7.53. The van der Waals surface area contributed by atoms with Gasteiger partial charge in [0.15, 0.2) is 5.13 Å². The fourth-order valence-corrected chi connectivity index (χ4v) is 4.66. The second-order valence-corrected chi connectivity index (χ2v) is 8.94. The Bertz CT molecular complexity index is 1110. The third-order valence-corrected chi connectivity index (χ3v) is 6.55. The van der Waals surface area contributed by atoms with Crippen molar-refractivity contribution in [3.63, 3.8) is 0 Å². The molecule has 0 saturated carbocycles. The molecule has 1 aliphatic rings. The van der Waals surface area contributed by atoms with Crippen molar-refractivity contribution in [2.24, 2.45) is 0 Å². The number of carbonyl (C=O) groups excluding carboxylic acids is 1. The molecule has 2 heterocycles. The quantitative estimate of drug-likeness (QED) is 0.570. The molecule has 1 N–H and O–H groups in total. The molecular formula is C22H22ClFN4OS. The maximum Gasteiger partial charge on any atom is 0.248 e. The van der Waals surface area contributed by atoms with Gasteiger partial charge in [-0.1, -0.05) is 29.0 Å². The lowest BCUT2D eigenvalue weighted by atomic mass is 10.2. The first-order chi connectivity index (χ1) is 14.4. The SMILES string of the molecule is CN(C)[C@@H]1CCN(c2nc3ccc(NC(=O)/C=C/c4ccc(F)c(Cl)c4)cc3s2)C1. The summed E-state index contributed by atoms with van der Waals surface area (Å²) in [5, 5.41) is 3.90. The fourth-order valence-electron chi connectivity index (χ4n) is 3.43.